The maximum absolute atomic E-state index is 6.53. The maximum Gasteiger partial charge on any atom is 0.108 e. The van der Waals surface area contributed by atoms with E-state index in [-0.39, 0.29) is 12.2 Å². The van der Waals surface area contributed by atoms with E-state index < -0.39 is 0 Å². The van der Waals surface area contributed by atoms with Gasteiger partial charge in [0.25, 0.3) is 0 Å². The molecule has 1 fully saturated rings. The molecule has 2 aromatic carbocycles. The van der Waals surface area contributed by atoms with E-state index in [1.807, 2.05) is 0 Å². The molecule has 1 unspecified atom stereocenters. The Morgan fingerprint density at radius 2 is 1.36 bits per heavy atom. The Labute approximate surface area is 133 Å². The molecule has 2 heteroatoms. The number of rotatable bonds is 5. The molecule has 0 aromatic heterocycles. The second-order valence-electron chi connectivity index (χ2n) is 6.13. The number of nitrogens with one attached hydrogen (secondary N) is 1. The first-order chi connectivity index (χ1) is 10.8. The summed E-state index contributed by atoms with van der Waals surface area (Å²) >= 11 is 0. The number of piperidine rings is 1. The molecule has 2 aromatic rings. The molecule has 0 spiro atoms. The minimum atomic E-state index is 0.0206. The Hall–Kier alpha value is -1.64. The van der Waals surface area contributed by atoms with Crippen LogP contribution in [0.25, 0.3) is 0 Å². The molecule has 1 atom stereocenters. The highest BCUT2D eigenvalue weighted by molar-refractivity contribution is 5.30. The van der Waals surface area contributed by atoms with Crippen molar-refractivity contribution in [1.29, 1.82) is 0 Å². The third-order valence-corrected chi connectivity index (χ3v) is 4.60. The van der Waals surface area contributed by atoms with Crippen molar-refractivity contribution in [2.24, 2.45) is 5.92 Å². The Balaban J connectivity index is 1.79. The monoisotopic (exact) mass is 295 g/mol. The third-order valence-electron chi connectivity index (χ3n) is 4.60. The fraction of sp³-hybridized carbons (Fsp3) is 0.400. The molecule has 1 aliphatic rings. The molecule has 1 aliphatic heterocycles. The van der Waals surface area contributed by atoms with Gasteiger partial charge in [0.2, 0.25) is 0 Å². The van der Waals surface area contributed by atoms with Crippen LogP contribution in [0, 0.1) is 5.92 Å². The van der Waals surface area contributed by atoms with Crippen LogP contribution in [0.15, 0.2) is 60.7 Å². The molecule has 0 bridgehead atoms. The second kappa shape index (κ2) is 7.57. The van der Waals surface area contributed by atoms with E-state index in [2.05, 4.69) is 72.9 Å². The van der Waals surface area contributed by atoms with Crippen LogP contribution in [0.2, 0.25) is 0 Å². The minimum Gasteiger partial charge on any atom is -0.366 e. The van der Waals surface area contributed by atoms with Crippen molar-refractivity contribution in [3.05, 3.63) is 71.8 Å². The largest absolute Gasteiger partial charge is 0.366 e. The van der Waals surface area contributed by atoms with Gasteiger partial charge in [0.15, 0.2) is 0 Å². The highest BCUT2D eigenvalue weighted by Gasteiger charge is 2.25. The molecule has 3 rings (SSSR count). The van der Waals surface area contributed by atoms with Gasteiger partial charge >= 0.3 is 0 Å². The molecule has 1 saturated heterocycles. The average Bonchev–Trinajstić information content (AvgIpc) is 2.62. The SMILES string of the molecule is CC(OC(c1ccccc1)c1ccccc1)C1CCNCC1. The predicted molar refractivity (Wildman–Crippen MR) is 90.9 cm³/mol. The van der Waals surface area contributed by atoms with E-state index in [0.717, 1.165) is 13.1 Å². The van der Waals surface area contributed by atoms with Gasteiger partial charge in [0.05, 0.1) is 6.10 Å². The zero-order chi connectivity index (χ0) is 15.2. The van der Waals surface area contributed by atoms with E-state index in [1.165, 1.54) is 24.0 Å². The number of hydrogen-bond acceptors (Lipinski definition) is 2. The lowest BCUT2D eigenvalue weighted by atomic mass is 9.92. The van der Waals surface area contributed by atoms with Gasteiger partial charge in [-0.05, 0) is 49.9 Å². The lowest BCUT2D eigenvalue weighted by Gasteiger charge is -2.31. The molecule has 1 N–H and O–H groups in total. The Morgan fingerprint density at radius 1 is 0.864 bits per heavy atom. The molecular formula is C20H25NO. The fourth-order valence-corrected chi connectivity index (χ4v) is 3.24. The molecule has 0 saturated carbocycles. The highest BCUT2D eigenvalue weighted by atomic mass is 16.5. The number of ether oxygens (including phenoxy) is 1. The maximum atomic E-state index is 6.53. The van der Waals surface area contributed by atoms with E-state index in [9.17, 15) is 0 Å². The molecule has 0 amide bonds. The molecule has 0 radical (unpaired) electrons. The highest BCUT2D eigenvalue weighted by Crippen LogP contribution is 2.30. The predicted octanol–water partition coefficient (Wildman–Crippen LogP) is 4.18. The quantitative estimate of drug-likeness (QED) is 0.893. The Kier molecular flexibility index (Phi) is 5.25. The van der Waals surface area contributed by atoms with Gasteiger partial charge in [-0.1, -0.05) is 60.7 Å². The van der Waals surface area contributed by atoms with Gasteiger partial charge in [-0.15, -0.1) is 0 Å². The zero-order valence-electron chi connectivity index (χ0n) is 13.2. The van der Waals surface area contributed by atoms with Gasteiger partial charge in [-0.2, -0.15) is 0 Å². The second-order valence-corrected chi connectivity index (χ2v) is 6.13. The van der Waals surface area contributed by atoms with Gasteiger partial charge in [-0.3, -0.25) is 0 Å². The van der Waals surface area contributed by atoms with Crippen LogP contribution in [0.3, 0.4) is 0 Å². The van der Waals surface area contributed by atoms with Crippen molar-refractivity contribution >= 4 is 0 Å². The number of benzene rings is 2. The smallest absolute Gasteiger partial charge is 0.108 e. The van der Waals surface area contributed by atoms with Crippen molar-refractivity contribution in [2.75, 3.05) is 13.1 Å². The van der Waals surface area contributed by atoms with Crippen LogP contribution in [0.1, 0.15) is 37.0 Å². The summed E-state index contributed by atoms with van der Waals surface area (Å²) in [6.45, 7) is 4.45. The van der Waals surface area contributed by atoms with Crippen LogP contribution in [0.4, 0.5) is 0 Å². The van der Waals surface area contributed by atoms with E-state index in [1.54, 1.807) is 0 Å². The first-order valence-electron chi connectivity index (χ1n) is 8.30. The standard InChI is InChI=1S/C20H25NO/c1-16(17-12-14-21-15-13-17)22-20(18-8-4-2-5-9-18)19-10-6-3-7-11-19/h2-11,16-17,20-21H,12-15H2,1H3. The Bertz CT molecular complexity index is 509. The van der Waals surface area contributed by atoms with Crippen molar-refractivity contribution in [3.63, 3.8) is 0 Å². The van der Waals surface area contributed by atoms with Crippen LogP contribution in [-0.4, -0.2) is 19.2 Å². The summed E-state index contributed by atoms with van der Waals surface area (Å²) in [6, 6.07) is 21.1. The van der Waals surface area contributed by atoms with Crippen molar-refractivity contribution in [1.82, 2.24) is 5.32 Å². The van der Waals surface area contributed by atoms with Gasteiger partial charge in [0, 0.05) is 0 Å². The van der Waals surface area contributed by atoms with Gasteiger partial charge in [0.1, 0.15) is 6.10 Å². The Morgan fingerprint density at radius 3 is 1.86 bits per heavy atom. The van der Waals surface area contributed by atoms with Crippen LogP contribution >= 0.6 is 0 Å². The normalized spacial score (nSPS) is 17.5. The molecule has 22 heavy (non-hydrogen) atoms. The zero-order valence-corrected chi connectivity index (χ0v) is 13.2. The van der Waals surface area contributed by atoms with Gasteiger partial charge < -0.3 is 10.1 Å². The first-order valence-corrected chi connectivity index (χ1v) is 8.30. The summed E-state index contributed by atoms with van der Waals surface area (Å²) in [5, 5.41) is 3.43. The van der Waals surface area contributed by atoms with Crippen molar-refractivity contribution in [3.8, 4) is 0 Å². The van der Waals surface area contributed by atoms with Crippen LogP contribution in [-0.2, 0) is 4.74 Å². The van der Waals surface area contributed by atoms with Crippen molar-refractivity contribution < 1.29 is 4.74 Å². The lowest BCUT2D eigenvalue weighted by molar-refractivity contribution is -0.0225. The summed E-state index contributed by atoms with van der Waals surface area (Å²) in [7, 11) is 0. The first kappa shape index (κ1) is 15.3. The minimum absolute atomic E-state index is 0.0206. The fourth-order valence-electron chi connectivity index (χ4n) is 3.24. The molecule has 0 aliphatic carbocycles. The van der Waals surface area contributed by atoms with Crippen LogP contribution < -0.4 is 5.32 Å². The summed E-state index contributed by atoms with van der Waals surface area (Å²) in [5.41, 5.74) is 2.46. The molecular weight excluding hydrogens is 270 g/mol. The lowest BCUT2D eigenvalue weighted by Crippen LogP contribution is -2.34. The average molecular weight is 295 g/mol. The molecule has 1 heterocycles. The summed E-state index contributed by atoms with van der Waals surface area (Å²) in [6.07, 6.45) is 2.70. The molecule has 2 nitrogen and oxygen atoms in total. The van der Waals surface area contributed by atoms with Crippen LogP contribution in [0.5, 0.6) is 0 Å². The summed E-state index contributed by atoms with van der Waals surface area (Å²) in [4.78, 5) is 0. The third kappa shape index (κ3) is 3.76. The van der Waals surface area contributed by atoms with E-state index in [0.29, 0.717) is 5.92 Å². The summed E-state index contributed by atoms with van der Waals surface area (Å²) < 4.78 is 6.53. The van der Waals surface area contributed by atoms with Crippen molar-refractivity contribution in [2.45, 2.75) is 32.0 Å². The molecule has 116 valence electrons. The topological polar surface area (TPSA) is 21.3 Å². The van der Waals surface area contributed by atoms with E-state index in [4.69, 9.17) is 4.74 Å². The van der Waals surface area contributed by atoms with E-state index >= 15 is 0 Å². The van der Waals surface area contributed by atoms with Gasteiger partial charge in [-0.25, -0.2) is 0 Å². The summed E-state index contributed by atoms with van der Waals surface area (Å²) in [5.74, 6) is 0.649. The number of hydrogen-bond donors (Lipinski definition) is 1.